The number of hydrogen-bond acceptors (Lipinski definition) is 7. The summed E-state index contributed by atoms with van der Waals surface area (Å²) in [5, 5.41) is 33.3. The van der Waals surface area contributed by atoms with Crippen LogP contribution in [0.5, 0.6) is 0 Å². The third-order valence-electron chi connectivity index (χ3n) is 3.74. The van der Waals surface area contributed by atoms with Gasteiger partial charge in [0.15, 0.2) is 0 Å². The van der Waals surface area contributed by atoms with Crippen molar-refractivity contribution in [3.8, 4) is 0 Å². The van der Waals surface area contributed by atoms with E-state index in [2.05, 4.69) is 10.3 Å². The first-order valence-corrected chi connectivity index (χ1v) is 8.29. The number of alkyl carbamates (subject to hydrolysis) is 1. The Morgan fingerprint density at radius 1 is 1.37 bits per heavy atom. The van der Waals surface area contributed by atoms with E-state index in [0.29, 0.717) is 0 Å². The Bertz CT molecular complexity index is 818. The molecule has 9 nitrogen and oxygen atoms in total. The minimum Gasteiger partial charge on any atom is -0.445 e. The van der Waals surface area contributed by atoms with Gasteiger partial charge in [-0.2, -0.15) is 0 Å². The molecule has 1 amide bonds. The van der Waals surface area contributed by atoms with E-state index in [1.165, 1.54) is 6.92 Å². The van der Waals surface area contributed by atoms with Crippen LogP contribution in [0.3, 0.4) is 0 Å². The second-order valence-corrected chi connectivity index (χ2v) is 6.04. The van der Waals surface area contributed by atoms with E-state index >= 15 is 0 Å². The predicted octanol–water partition coefficient (Wildman–Crippen LogP) is 2.27. The number of rotatable bonds is 7. The predicted molar refractivity (Wildman–Crippen MR) is 96.2 cm³/mol. The van der Waals surface area contributed by atoms with E-state index in [4.69, 9.17) is 16.3 Å². The first kappa shape index (κ1) is 20.6. The Kier molecular flexibility index (Phi) is 7.05. The first-order chi connectivity index (χ1) is 12.8. The fourth-order valence-corrected chi connectivity index (χ4v) is 2.54. The van der Waals surface area contributed by atoms with Gasteiger partial charge in [-0.1, -0.05) is 41.9 Å². The number of nitrogens with one attached hydrogen (secondary N) is 1. The van der Waals surface area contributed by atoms with Crippen molar-refractivity contribution in [2.75, 3.05) is 6.54 Å². The van der Waals surface area contributed by atoms with E-state index in [-0.39, 0.29) is 29.6 Å². The van der Waals surface area contributed by atoms with Crippen molar-refractivity contribution in [2.45, 2.75) is 25.7 Å². The third-order valence-corrected chi connectivity index (χ3v) is 4.01. The zero-order chi connectivity index (χ0) is 20.0. The number of nitro groups is 1. The normalized spacial score (nSPS) is 12.9. The van der Waals surface area contributed by atoms with Crippen LogP contribution in [0, 0.1) is 17.0 Å². The molecule has 3 N–H and O–H groups in total. The van der Waals surface area contributed by atoms with E-state index in [9.17, 15) is 25.1 Å². The maximum atomic E-state index is 11.7. The number of aliphatic hydroxyl groups excluding tert-OH is 2. The number of hydrogen-bond donors (Lipinski definition) is 3. The summed E-state index contributed by atoms with van der Waals surface area (Å²) in [5.74, 6) is 0. The van der Waals surface area contributed by atoms with Crippen molar-refractivity contribution >= 4 is 23.4 Å². The molecular formula is C17H18ClN3O6. The molecule has 0 aliphatic rings. The third kappa shape index (κ3) is 5.61. The van der Waals surface area contributed by atoms with Crippen LogP contribution < -0.4 is 5.32 Å². The first-order valence-electron chi connectivity index (χ1n) is 7.91. The highest BCUT2D eigenvalue weighted by Crippen LogP contribution is 2.29. The molecule has 27 heavy (non-hydrogen) atoms. The maximum Gasteiger partial charge on any atom is 0.407 e. The number of nitrogens with zero attached hydrogens (tertiary/aromatic N) is 2. The highest BCUT2D eigenvalue weighted by atomic mass is 35.5. The number of ether oxygens (including phenoxy) is 1. The molecule has 0 saturated heterocycles. The van der Waals surface area contributed by atoms with Gasteiger partial charge < -0.3 is 20.3 Å². The van der Waals surface area contributed by atoms with Crippen LogP contribution >= 0.6 is 11.6 Å². The quantitative estimate of drug-likeness (QED) is 0.371. The van der Waals surface area contributed by atoms with Gasteiger partial charge in [-0.25, -0.2) is 9.78 Å². The van der Waals surface area contributed by atoms with Gasteiger partial charge in [0.1, 0.15) is 18.8 Å². The molecule has 0 fully saturated rings. The van der Waals surface area contributed by atoms with Crippen molar-refractivity contribution in [1.29, 1.82) is 0 Å². The Morgan fingerprint density at radius 2 is 2.04 bits per heavy atom. The van der Waals surface area contributed by atoms with Crippen molar-refractivity contribution < 1.29 is 24.7 Å². The molecule has 144 valence electrons. The summed E-state index contributed by atoms with van der Waals surface area (Å²) in [6.45, 7) is 1.21. The van der Waals surface area contributed by atoms with Crippen molar-refractivity contribution in [3.05, 3.63) is 68.5 Å². The lowest BCUT2D eigenvalue weighted by Crippen LogP contribution is -2.36. The SMILES string of the molecule is Cc1nc(Cl)c([N+](=O)[O-])cc1C(O)C(O)CNC(=O)OCc1ccccc1. The number of benzene rings is 1. The van der Waals surface area contributed by atoms with Gasteiger partial charge in [-0.05, 0) is 12.5 Å². The molecule has 1 heterocycles. The zero-order valence-electron chi connectivity index (χ0n) is 14.3. The molecule has 0 bridgehead atoms. The van der Waals surface area contributed by atoms with Gasteiger partial charge in [0.2, 0.25) is 5.15 Å². The van der Waals surface area contributed by atoms with Crippen LogP contribution in [0.25, 0.3) is 0 Å². The average molecular weight is 396 g/mol. The fraction of sp³-hybridized carbons (Fsp3) is 0.294. The highest BCUT2D eigenvalue weighted by molar-refractivity contribution is 6.31. The lowest BCUT2D eigenvalue weighted by atomic mass is 10.0. The molecule has 2 aromatic rings. The number of amides is 1. The number of carbonyl (C=O) groups excluding carboxylic acids is 1. The van der Waals surface area contributed by atoms with Gasteiger partial charge in [-0.3, -0.25) is 10.1 Å². The summed E-state index contributed by atoms with van der Waals surface area (Å²) in [5.41, 5.74) is 0.573. The van der Waals surface area contributed by atoms with Crippen LogP contribution in [0.15, 0.2) is 36.4 Å². The van der Waals surface area contributed by atoms with Gasteiger partial charge in [0.25, 0.3) is 0 Å². The molecule has 2 rings (SSSR count). The smallest absolute Gasteiger partial charge is 0.407 e. The van der Waals surface area contributed by atoms with E-state index < -0.39 is 28.9 Å². The Hall–Kier alpha value is -2.75. The topological polar surface area (TPSA) is 135 Å². The summed E-state index contributed by atoms with van der Waals surface area (Å²) in [7, 11) is 0. The minimum absolute atomic E-state index is 0.0399. The number of pyridine rings is 1. The second kappa shape index (κ2) is 9.26. The van der Waals surface area contributed by atoms with Gasteiger partial charge in [0.05, 0.1) is 4.92 Å². The maximum absolute atomic E-state index is 11.7. The number of aromatic nitrogens is 1. The Morgan fingerprint density at radius 3 is 2.67 bits per heavy atom. The number of aryl methyl sites for hydroxylation is 1. The Labute approximate surface area is 159 Å². The summed E-state index contributed by atoms with van der Waals surface area (Å²) in [6, 6.07) is 10.1. The highest BCUT2D eigenvalue weighted by Gasteiger charge is 2.26. The standard InChI is InChI=1S/C17H18ClN3O6/c1-10-12(7-13(21(25)26)16(18)20-10)15(23)14(22)8-19-17(24)27-9-11-5-3-2-4-6-11/h2-7,14-15,22-23H,8-9H2,1H3,(H,19,24). The summed E-state index contributed by atoms with van der Waals surface area (Å²) < 4.78 is 4.99. The van der Waals surface area contributed by atoms with Gasteiger partial charge in [-0.15, -0.1) is 0 Å². The van der Waals surface area contributed by atoms with Gasteiger partial charge in [0, 0.05) is 23.9 Å². The van der Waals surface area contributed by atoms with Crippen LogP contribution in [-0.2, 0) is 11.3 Å². The van der Waals surface area contributed by atoms with Crippen molar-refractivity contribution in [2.24, 2.45) is 0 Å². The molecule has 0 aliphatic carbocycles. The minimum atomic E-state index is -1.51. The molecule has 0 radical (unpaired) electrons. The molecule has 0 spiro atoms. The van der Waals surface area contributed by atoms with E-state index in [1.54, 1.807) is 24.3 Å². The second-order valence-electron chi connectivity index (χ2n) is 5.68. The van der Waals surface area contributed by atoms with Crippen molar-refractivity contribution in [3.63, 3.8) is 0 Å². The largest absolute Gasteiger partial charge is 0.445 e. The Balaban J connectivity index is 1.93. The van der Waals surface area contributed by atoms with Crippen LogP contribution in [0.4, 0.5) is 10.5 Å². The number of aliphatic hydroxyl groups is 2. The molecule has 1 aromatic heterocycles. The molecule has 0 aliphatic heterocycles. The van der Waals surface area contributed by atoms with Crippen LogP contribution in [0.2, 0.25) is 5.15 Å². The lowest BCUT2D eigenvalue weighted by molar-refractivity contribution is -0.385. The summed E-state index contributed by atoms with van der Waals surface area (Å²) in [4.78, 5) is 25.7. The molecule has 2 atom stereocenters. The summed E-state index contributed by atoms with van der Waals surface area (Å²) >= 11 is 5.70. The molecule has 10 heteroatoms. The molecule has 0 saturated carbocycles. The van der Waals surface area contributed by atoms with E-state index in [1.807, 2.05) is 6.07 Å². The zero-order valence-corrected chi connectivity index (χ0v) is 15.1. The van der Waals surface area contributed by atoms with Crippen LogP contribution in [0.1, 0.15) is 22.9 Å². The lowest BCUT2D eigenvalue weighted by Gasteiger charge is -2.20. The van der Waals surface area contributed by atoms with Crippen molar-refractivity contribution in [1.82, 2.24) is 10.3 Å². The van der Waals surface area contributed by atoms with Gasteiger partial charge >= 0.3 is 11.8 Å². The molecule has 1 aromatic carbocycles. The number of carbonyl (C=O) groups is 1. The average Bonchev–Trinajstić information content (AvgIpc) is 2.64. The number of halogens is 1. The molecule has 2 unspecified atom stereocenters. The monoisotopic (exact) mass is 395 g/mol. The molecular weight excluding hydrogens is 378 g/mol. The van der Waals surface area contributed by atoms with E-state index in [0.717, 1.165) is 11.6 Å². The fourth-order valence-electron chi connectivity index (χ4n) is 2.29. The van der Waals surface area contributed by atoms with Crippen LogP contribution in [-0.4, -0.2) is 38.9 Å². The summed E-state index contributed by atoms with van der Waals surface area (Å²) in [6.07, 6.45) is -3.72.